The van der Waals surface area contributed by atoms with Gasteiger partial charge in [0.2, 0.25) is 0 Å². The Bertz CT molecular complexity index is 194. The van der Waals surface area contributed by atoms with Gasteiger partial charge in [0.05, 0.1) is 0 Å². The Hall–Kier alpha value is -0.760. The SMILES string of the molecule is CC1=CN(C)C(C)C(C)=C1.O. The lowest BCUT2D eigenvalue weighted by atomic mass is 10.0. The highest BCUT2D eigenvalue weighted by molar-refractivity contribution is 5.27. The van der Waals surface area contributed by atoms with Gasteiger partial charge in [-0.15, -0.1) is 0 Å². The molecule has 0 aliphatic carbocycles. The van der Waals surface area contributed by atoms with E-state index in [1.54, 1.807) is 0 Å². The highest BCUT2D eigenvalue weighted by Crippen LogP contribution is 2.17. The summed E-state index contributed by atoms with van der Waals surface area (Å²) in [5, 5.41) is 0. The lowest BCUT2D eigenvalue weighted by Gasteiger charge is -2.28. The summed E-state index contributed by atoms with van der Waals surface area (Å²) in [5.41, 5.74) is 2.79. The number of rotatable bonds is 0. The molecule has 1 aliphatic rings. The van der Waals surface area contributed by atoms with Crippen molar-refractivity contribution in [1.82, 2.24) is 4.90 Å². The van der Waals surface area contributed by atoms with Crippen LogP contribution in [0.4, 0.5) is 0 Å². The van der Waals surface area contributed by atoms with Gasteiger partial charge in [0.1, 0.15) is 0 Å². The van der Waals surface area contributed by atoms with Crippen molar-refractivity contribution in [3.8, 4) is 0 Å². The highest BCUT2D eigenvalue weighted by Gasteiger charge is 2.11. The fourth-order valence-corrected chi connectivity index (χ4v) is 1.27. The Labute approximate surface area is 68.5 Å². The first kappa shape index (κ1) is 10.2. The monoisotopic (exact) mass is 155 g/mol. The topological polar surface area (TPSA) is 34.7 Å². The van der Waals surface area contributed by atoms with E-state index in [1.807, 2.05) is 0 Å². The number of hydrogen-bond acceptors (Lipinski definition) is 1. The standard InChI is InChI=1S/C9H15N.H2O/c1-7-5-8(2)9(3)10(4)6-7;/h5-6,9H,1-4H3;1H2. The molecule has 0 spiro atoms. The number of likely N-dealkylation sites (N-methyl/N-ethyl adjacent to an activating group) is 1. The van der Waals surface area contributed by atoms with Crippen LogP contribution in [0.1, 0.15) is 20.8 Å². The molecule has 0 saturated carbocycles. The fraction of sp³-hybridized carbons (Fsp3) is 0.556. The van der Waals surface area contributed by atoms with E-state index in [0.717, 1.165) is 0 Å². The Morgan fingerprint density at radius 3 is 2.36 bits per heavy atom. The normalized spacial score (nSPS) is 23.6. The van der Waals surface area contributed by atoms with Crippen LogP contribution in [0.3, 0.4) is 0 Å². The van der Waals surface area contributed by atoms with Gasteiger partial charge in [-0.3, -0.25) is 0 Å². The van der Waals surface area contributed by atoms with Crippen molar-refractivity contribution in [2.45, 2.75) is 26.8 Å². The molecule has 0 bridgehead atoms. The van der Waals surface area contributed by atoms with E-state index in [2.05, 4.69) is 45.0 Å². The van der Waals surface area contributed by atoms with Crippen LogP contribution >= 0.6 is 0 Å². The number of nitrogens with zero attached hydrogens (tertiary/aromatic N) is 1. The van der Waals surface area contributed by atoms with Gasteiger partial charge >= 0.3 is 0 Å². The molecular weight excluding hydrogens is 138 g/mol. The fourth-order valence-electron chi connectivity index (χ4n) is 1.27. The van der Waals surface area contributed by atoms with E-state index in [-0.39, 0.29) is 5.48 Å². The van der Waals surface area contributed by atoms with Crippen molar-refractivity contribution in [3.63, 3.8) is 0 Å². The maximum atomic E-state index is 2.24. The number of hydrogen-bond donors (Lipinski definition) is 0. The molecule has 0 radical (unpaired) electrons. The van der Waals surface area contributed by atoms with Crippen molar-refractivity contribution in [1.29, 1.82) is 0 Å². The molecule has 0 saturated heterocycles. The van der Waals surface area contributed by atoms with Crippen LogP contribution in [0.15, 0.2) is 23.4 Å². The van der Waals surface area contributed by atoms with Crippen molar-refractivity contribution < 1.29 is 5.48 Å². The van der Waals surface area contributed by atoms with Crippen LogP contribution in [-0.4, -0.2) is 23.5 Å². The van der Waals surface area contributed by atoms with Crippen LogP contribution in [0.2, 0.25) is 0 Å². The summed E-state index contributed by atoms with van der Waals surface area (Å²) in [6, 6.07) is 0.573. The maximum absolute atomic E-state index is 2.24. The molecule has 1 aliphatic heterocycles. The molecule has 2 N–H and O–H groups in total. The minimum Gasteiger partial charge on any atom is -0.412 e. The molecule has 0 fully saturated rings. The Kier molecular flexibility index (Phi) is 3.33. The summed E-state index contributed by atoms with van der Waals surface area (Å²) >= 11 is 0. The van der Waals surface area contributed by atoms with Crippen LogP contribution in [-0.2, 0) is 0 Å². The average molecular weight is 155 g/mol. The van der Waals surface area contributed by atoms with Gasteiger partial charge in [0.15, 0.2) is 0 Å². The molecule has 2 nitrogen and oxygen atoms in total. The van der Waals surface area contributed by atoms with E-state index < -0.39 is 0 Å². The van der Waals surface area contributed by atoms with Crippen molar-refractivity contribution >= 4 is 0 Å². The second-order valence-electron chi connectivity index (χ2n) is 3.10. The minimum absolute atomic E-state index is 0. The van der Waals surface area contributed by atoms with E-state index in [4.69, 9.17) is 0 Å². The molecule has 0 aromatic carbocycles. The zero-order valence-electron chi connectivity index (χ0n) is 7.68. The quantitative estimate of drug-likeness (QED) is 0.520. The summed E-state index contributed by atoms with van der Waals surface area (Å²) in [5.74, 6) is 0. The lowest BCUT2D eigenvalue weighted by Crippen LogP contribution is -2.27. The maximum Gasteiger partial charge on any atom is 0.0465 e. The molecule has 1 unspecified atom stereocenters. The van der Waals surface area contributed by atoms with Gasteiger partial charge in [-0.1, -0.05) is 11.6 Å². The van der Waals surface area contributed by atoms with Gasteiger partial charge in [-0.25, -0.2) is 0 Å². The van der Waals surface area contributed by atoms with Crippen LogP contribution in [0, 0.1) is 0 Å². The van der Waals surface area contributed by atoms with E-state index in [0.29, 0.717) is 6.04 Å². The Morgan fingerprint density at radius 1 is 1.36 bits per heavy atom. The van der Waals surface area contributed by atoms with Gasteiger partial charge in [0, 0.05) is 19.3 Å². The number of allylic oxidation sites excluding steroid dienone is 2. The molecule has 1 atom stereocenters. The summed E-state index contributed by atoms with van der Waals surface area (Å²) in [4.78, 5) is 2.24. The first-order valence-corrected chi connectivity index (χ1v) is 3.70. The first-order chi connectivity index (χ1) is 4.61. The summed E-state index contributed by atoms with van der Waals surface area (Å²) in [6.07, 6.45) is 4.42. The second kappa shape index (κ2) is 3.58. The third kappa shape index (κ3) is 2.09. The zero-order chi connectivity index (χ0) is 7.72. The first-order valence-electron chi connectivity index (χ1n) is 3.70. The van der Waals surface area contributed by atoms with E-state index in [9.17, 15) is 0 Å². The van der Waals surface area contributed by atoms with Crippen LogP contribution in [0.25, 0.3) is 0 Å². The minimum atomic E-state index is 0. The summed E-state index contributed by atoms with van der Waals surface area (Å²) in [6.45, 7) is 6.53. The van der Waals surface area contributed by atoms with Crippen molar-refractivity contribution in [3.05, 3.63) is 23.4 Å². The lowest BCUT2D eigenvalue weighted by molar-refractivity contribution is 0.383. The van der Waals surface area contributed by atoms with Crippen LogP contribution in [0.5, 0.6) is 0 Å². The molecule has 64 valence electrons. The van der Waals surface area contributed by atoms with Gasteiger partial charge < -0.3 is 10.4 Å². The Balaban J connectivity index is 0.000001000. The second-order valence-corrected chi connectivity index (χ2v) is 3.10. The summed E-state index contributed by atoms with van der Waals surface area (Å²) in [7, 11) is 2.12. The third-order valence-corrected chi connectivity index (χ3v) is 2.13. The molecule has 1 heterocycles. The van der Waals surface area contributed by atoms with Crippen molar-refractivity contribution in [2.75, 3.05) is 7.05 Å². The Morgan fingerprint density at radius 2 is 1.91 bits per heavy atom. The highest BCUT2D eigenvalue weighted by atomic mass is 16.0. The third-order valence-electron chi connectivity index (χ3n) is 2.13. The smallest absolute Gasteiger partial charge is 0.0465 e. The van der Waals surface area contributed by atoms with Crippen molar-refractivity contribution in [2.24, 2.45) is 0 Å². The van der Waals surface area contributed by atoms with E-state index in [1.165, 1.54) is 11.1 Å². The molecule has 11 heavy (non-hydrogen) atoms. The van der Waals surface area contributed by atoms with Gasteiger partial charge in [-0.2, -0.15) is 0 Å². The predicted octanol–water partition coefficient (Wildman–Crippen LogP) is 1.35. The molecule has 1 rings (SSSR count). The van der Waals surface area contributed by atoms with E-state index >= 15 is 0 Å². The van der Waals surface area contributed by atoms with Crippen LogP contribution < -0.4 is 0 Å². The molecule has 0 amide bonds. The summed E-state index contributed by atoms with van der Waals surface area (Å²) < 4.78 is 0. The zero-order valence-corrected chi connectivity index (χ0v) is 7.68. The largest absolute Gasteiger partial charge is 0.412 e. The molecule has 0 aromatic rings. The molecular formula is C9H17NO. The predicted molar refractivity (Wildman–Crippen MR) is 48.4 cm³/mol. The average Bonchev–Trinajstić information content (AvgIpc) is 1.82. The molecule has 2 heteroatoms. The molecule has 0 aromatic heterocycles. The van der Waals surface area contributed by atoms with Gasteiger partial charge in [-0.05, 0) is 26.3 Å². The van der Waals surface area contributed by atoms with Gasteiger partial charge in [0.25, 0.3) is 0 Å².